The van der Waals surface area contributed by atoms with Crippen LogP contribution >= 0.6 is 91.5 Å². The third kappa shape index (κ3) is 6.38. The van der Waals surface area contributed by atoms with Crippen molar-refractivity contribution in [2.75, 3.05) is 0 Å². The van der Waals surface area contributed by atoms with Gasteiger partial charge in [-0.15, -0.1) is 91.5 Å². The molecule has 2 unspecified atom stereocenters. The van der Waals surface area contributed by atoms with Gasteiger partial charge >= 0.3 is 0 Å². The number of rotatable bonds is 4. The fourth-order valence-corrected chi connectivity index (χ4v) is 13.8. The smallest absolute Gasteiger partial charge is 0.0622 e. The Morgan fingerprint density at radius 1 is 0.409 bits per heavy atom. The lowest BCUT2D eigenvalue weighted by Crippen LogP contribution is -1.92. The van der Waals surface area contributed by atoms with Gasteiger partial charge in [-0.1, -0.05) is 27.0 Å². The third-order valence-corrected chi connectivity index (χ3v) is 17.3. The molecule has 2 aliphatic heterocycles. The van der Waals surface area contributed by atoms with E-state index in [2.05, 4.69) is 111 Å². The summed E-state index contributed by atoms with van der Waals surface area (Å²) in [5, 5.41) is 0.811. The highest BCUT2D eigenvalue weighted by Crippen LogP contribution is 2.48. The van der Waals surface area contributed by atoms with Crippen LogP contribution in [0, 0.1) is 22.9 Å². The average molecular weight is 721 g/mol. The quantitative estimate of drug-likeness (QED) is 0.178. The minimum absolute atomic E-state index is 0. The summed E-state index contributed by atoms with van der Waals surface area (Å²) in [5.74, 6) is 0. The molecule has 0 nitrogen and oxygen atoms in total. The van der Waals surface area contributed by atoms with Crippen molar-refractivity contribution in [3.05, 3.63) is 135 Å². The molecule has 6 aromatic heterocycles. The summed E-state index contributed by atoms with van der Waals surface area (Å²) in [6.45, 7) is 4.36. The Labute approximate surface area is 292 Å². The zero-order chi connectivity index (χ0) is 28.2. The van der Waals surface area contributed by atoms with E-state index < -0.39 is 0 Å². The van der Waals surface area contributed by atoms with Crippen LogP contribution in [0.1, 0.15) is 44.9 Å². The Balaban J connectivity index is 0.00000171. The first-order chi connectivity index (χ1) is 20.6. The largest absolute Gasteiger partial charge is 0.140 e. The Bertz CT molecular complexity index is 2050. The molecule has 44 heavy (non-hydrogen) atoms. The molecule has 6 aromatic rings. The predicted molar refractivity (Wildman–Crippen MR) is 210 cm³/mol. The number of hydrogen-bond donors (Lipinski definition) is 0. The summed E-state index contributed by atoms with van der Waals surface area (Å²) in [6, 6.07) is 27.3. The summed E-state index contributed by atoms with van der Waals surface area (Å²) in [6.07, 6.45) is 9.38. The summed E-state index contributed by atoms with van der Waals surface area (Å²) in [4.78, 5) is 13.9. The van der Waals surface area contributed by atoms with E-state index in [4.69, 9.17) is 0 Å². The van der Waals surface area contributed by atoms with E-state index in [-0.39, 0.29) is 14.9 Å². The van der Waals surface area contributed by atoms with E-state index in [9.17, 15) is 0 Å². The molecule has 2 atom stereocenters. The van der Waals surface area contributed by atoms with Gasteiger partial charge in [0.2, 0.25) is 0 Å². The monoisotopic (exact) mass is 720 g/mol. The van der Waals surface area contributed by atoms with E-state index >= 15 is 0 Å². The first-order valence-corrected chi connectivity index (χ1v) is 20.2. The van der Waals surface area contributed by atoms with Crippen molar-refractivity contribution < 1.29 is 0 Å². The fourth-order valence-electron chi connectivity index (χ4n) is 4.98. The topological polar surface area (TPSA) is 0 Å². The van der Waals surface area contributed by atoms with Gasteiger partial charge in [-0.05, 0) is 98.8 Å². The van der Waals surface area contributed by atoms with E-state index in [1.54, 1.807) is 0 Å². The molecule has 2 aliphatic rings. The van der Waals surface area contributed by atoms with Gasteiger partial charge in [0.15, 0.2) is 0 Å². The molecule has 8 rings (SSSR count). The fraction of sp³-hybridized carbons (Fsp3) is 0.167. The van der Waals surface area contributed by atoms with Crippen LogP contribution in [0.2, 0.25) is 0 Å². The summed E-state index contributed by atoms with van der Waals surface area (Å²) >= 11 is 15.4. The highest BCUT2D eigenvalue weighted by molar-refractivity contribution is 8.09. The van der Waals surface area contributed by atoms with Crippen molar-refractivity contribution in [3.63, 3.8) is 0 Å². The maximum Gasteiger partial charge on any atom is 0.0622 e. The lowest BCUT2D eigenvalue weighted by molar-refractivity contribution is 1.32. The first-order valence-electron chi connectivity index (χ1n) is 13.5. The van der Waals surface area contributed by atoms with Crippen molar-refractivity contribution in [2.45, 2.75) is 39.2 Å². The molecule has 0 fully saturated rings. The zero-order valence-corrected chi connectivity index (χ0v) is 29.2. The number of hydrogen-bond acceptors (Lipinski definition) is 8. The van der Waals surface area contributed by atoms with Crippen LogP contribution in [0.25, 0.3) is 29.3 Å². The normalized spacial score (nSPS) is 20.7. The van der Waals surface area contributed by atoms with Crippen molar-refractivity contribution in [3.8, 4) is 19.5 Å². The third-order valence-electron chi connectivity index (χ3n) is 7.07. The SMILES string of the molecule is C.C.Cc1ccc(-c2ccc(C3C=C/C(=c4/cc/c(=c5/cc/c(=C6/C=CC(c7ccc(-c8ccc(C)s8)s7)S6)s5)s4)S3)s2)s1. The minimum Gasteiger partial charge on any atom is -0.140 e. The van der Waals surface area contributed by atoms with Crippen molar-refractivity contribution in [1.82, 2.24) is 0 Å². The first kappa shape index (κ1) is 32.1. The van der Waals surface area contributed by atoms with E-state index in [1.165, 1.54) is 67.0 Å². The molecule has 8 heterocycles. The van der Waals surface area contributed by atoms with Crippen LogP contribution in [0.15, 0.2) is 97.1 Å². The van der Waals surface area contributed by atoms with E-state index in [1.807, 2.05) is 91.5 Å². The van der Waals surface area contributed by atoms with Gasteiger partial charge in [0.25, 0.3) is 0 Å². The molecular weight excluding hydrogens is 689 g/mol. The standard InChI is InChI=1S/C34H24S8.2CH4/c1-19-3-5-21(35-19)23-7-9-25(37-23)27-11-13-29(39-27)31-15-17-33(41-31)34-18-16-32(42-34)30-14-12-28(40-30)26-10-8-24(38-26)22-6-4-20(2)36-22;;/h3-18,27-28H,1-2H3;2*1H4/b31-29+,32-30+,34-33+;;. The molecule has 0 saturated carbocycles. The van der Waals surface area contributed by atoms with Crippen LogP contribution in [0.3, 0.4) is 0 Å². The van der Waals surface area contributed by atoms with Gasteiger partial charge in [-0.3, -0.25) is 0 Å². The van der Waals surface area contributed by atoms with Crippen molar-refractivity contribution in [2.24, 2.45) is 0 Å². The molecule has 0 amide bonds. The van der Waals surface area contributed by atoms with Crippen LogP contribution in [-0.4, -0.2) is 0 Å². The molecule has 0 radical (unpaired) electrons. The molecule has 0 saturated heterocycles. The lowest BCUT2D eigenvalue weighted by atomic mass is 10.3. The summed E-state index contributed by atoms with van der Waals surface area (Å²) < 4.78 is 5.45. The van der Waals surface area contributed by atoms with Gasteiger partial charge in [0.1, 0.15) is 0 Å². The number of aryl methyl sites for hydroxylation is 2. The Hall–Kier alpha value is -1.88. The highest BCUT2D eigenvalue weighted by Gasteiger charge is 2.21. The van der Waals surface area contributed by atoms with Crippen LogP contribution < -0.4 is 9.06 Å². The Kier molecular flexibility index (Phi) is 9.81. The van der Waals surface area contributed by atoms with Crippen molar-refractivity contribution in [1.29, 1.82) is 0 Å². The van der Waals surface area contributed by atoms with Gasteiger partial charge in [0.05, 0.1) is 10.5 Å². The van der Waals surface area contributed by atoms with Gasteiger partial charge in [-0.25, -0.2) is 0 Å². The summed E-state index contributed by atoms with van der Waals surface area (Å²) in [5.41, 5.74) is 0. The minimum atomic E-state index is 0. The Morgan fingerprint density at radius 2 is 0.795 bits per heavy atom. The van der Waals surface area contributed by atoms with E-state index in [0.29, 0.717) is 10.5 Å². The molecule has 224 valence electrons. The van der Waals surface area contributed by atoms with Crippen LogP contribution in [0.4, 0.5) is 0 Å². The van der Waals surface area contributed by atoms with Gasteiger partial charge in [0, 0.05) is 67.0 Å². The van der Waals surface area contributed by atoms with Crippen LogP contribution in [-0.2, 0) is 0 Å². The maximum absolute atomic E-state index is 2.37. The average Bonchev–Trinajstić information content (AvgIpc) is 3.81. The van der Waals surface area contributed by atoms with Crippen LogP contribution in [0.5, 0.6) is 0 Å². The van der Waals surface area contributed by atoms with Crippen molar-refractivity contribution >= 4 is 101 Å². The van der Waals surface area contributed by atoms with E-state index in [0.717, 1.165) is 0 Å². The molecule has 0 aliphatic carbocycles. The Morgan fingerprint density at radius 3 is 1.20 bits per heavy atom. The molecule has 0 bridgehead atoms. The van der Waals surface area contributed by atoms with Gasteiger partial charge in [-0.2, -0.15) is 0 Å². The molecule has 0 N–H and O–H groups in total. The summed E-state index contributed by atoms with van der Waals surface area (Å²) in [7, 11) is 0. The zero-order valence-electron chi connectivity index (χ0n) is 22.7. The lowest BCUT2D eigenvalue weighted by Gasteiger charge is -2.03. The molecule has 0 aromatic carbocycles. The molecule has 8 heteroatoms. The second kappa shape index (κ2) is 13.5. The molecular formula is C36H32S8. The second-order valence-corrected chi connectivity index (χ2v) is 19.4. The number of thioether (sulfide) groups is 2. The maximum atomic E-state index is 2.37. The highest BCUT2D eigenvalue weighted by atomic mass is 32.2. The van der Waals surface area contributed by atoms with Gasteiger partial charge < -0.3 is 0 Å². The second-order valence-electron chi connectivity index (χ2n) is 10.1. The predicted octanol–water partition coefficient (Wildman–Crippen LogP) is 12.9. The number of thiophene rings is 6. The molecule has 0 spiro atoms.